The van der Waals surface area contributed by atoms with Crippen LogP contribution >= 0.6 is 0 Å². The number of nitrogens with one attached hydrogen (secondary N) is 1. The molecule has 0 aliphatic carbocycles. The van der Waals surface area contributed by atoms with Crippen molar-refractivity contribution in [3.63, 3.8) is 0 Å². The Kier molecular flexibility index (Phi) is 5.40. The molecule has 0 spiro atoms. The lowest BCUT2D eigenvalue weighted by Crippen LogP contribution is -2.00. The van der Waals surface area contributed by atoms with Crippen LogP contribution in [0.1, 0.15) is 22.3 Å². The highest BCUT2D eigenvalue weighted by Crippen LogP contribution is 2.28. The molecule has 0 unspecified atom stereocenters. The predicted octanol–water partition coefficient (Wildman–Crippen LogP) is 3.06. The van der Waals surface area contributed by atoms with E-state index < -0.39 is 15.5 Å². The van der Waals surface area contributed by atoms with Crippen molar-refractivity contribution in [2.75, 3.05) is 5.43 Å². The third-order valence-electron chi connectivity index (χ3n) is 3.65. The van der Waals surface area contributed by atoms with E-state index in [0.29, 0.717) is 0 Å². The lowest BCUT2D eigenvalue weighted by atomic mass is 10.0. The minimum Gasteiger partial charge on any atom is -0.392 e. The monoisotopic (exact) mass is 344 g/mol. The molecule has 2 N–H and O–H groups in total. The van der Waals surface area contributed by atoms with E-state index >= 15 is 0 Å². The van der Waals surface area contributed by atoms with Crippen molar-refractivity contribution in [2.24, 2.45) is 5.10 Å². The Morgan fingerprint density at radius 1 is 1.16 bits per heavy atom. The number of nitro groups is 2. The van der Waals surface area contributed by atoms with Gasteiger partial charge in [-0.05, 0) is 36.6 Å². The number of hydrazone groups is 1. The van der Waals surface area contributed by atoms with Crippen molar-refractivity contribution in [1.82, 2.24) is 0 Å². The van der Waals surface area contributed by atoms with E-state index in [1.54, 1.807) is 0 Å². The molecule has 130 valence electrons. The van der Waals surface area contributed by atoms with Gasteiger partial charge in [0.15, 0.2) is 0 Å². The Morgan fingerprint density at radius 3 is 2.48 bits per heavy atom. The Labute approximate surface area is 142 Å². The van der Waals surface area contributed by atoms with E-state index in [2.05, 4.69) is 10.5 Å². The van der Waals surface area contributed by atoms with Crippen molar-refractivity contribution < 1.29 is 15.0 Å². The number of aliphatic hydroxyl groups excluding tert-OH is 1. The topological polar surface area (TPSA) is 131 Å². The van der Waals surface area contributed by atoms with Gasteiger partial charge >= 0.3 is 5.69 Å². The molecule has 0 aliphatic rings. The number of anilines is 1. The molecule has 0 radical (unpaired) electrons. The second kappa shape index (κ2) is 7.49. The molecule has 0 aromatic heterocycles. The molecule has 0 fully saturated rings. The predicted molar refractivity (Wildman–Crippen MR) is 92.8 cm³/mol. The van der Waals surface area contributed by atoms with Gasteiger partial charge in [0.1, 0.15) is 5.69 Å². The van der Waals surface area contributed by atoms with Gasteiger partial charge < -0.3 is 5.11 Å². The van der Waals surface area contributed by atoms with Gasteiger partial charge in [-0.2, -0.15) is 5.10 Å². The molecule has 2 aromatic carbocycles. The summed E-state index contributed by atoms with van der Waals surface area (Å²) in [6.45, 7) is 3.61. The van der Waals surface area contributed by atoms with Gasteiger partial charge in [-0.3, -0.25) is 25.7 Å². The number of nitrogens with zero attached hydrogens (tertiary/aromatic N) is 3. The molecule has 2 aromatic rings. The number of hydrogen-bond acceptors (Lipinski definition) is 7. The Hall–Kier alpha value is -3.33. The third kappa shape index (κ3) is 4.15. The van der Waals surface area contributed by atoms with Crippen LogP contribution in [0.25, 0.3) is 0 Å². The number of benzene rings is 2. The number of hydrogen-bond donors (Lipinski definition) is 2. The maximum atomic E-state index is 11.1. The molecule has 0 saturated carbocycles. The molecule has 0 bridgehead atoms. The smallest absolute Gasteiger partial charge is 0.301 e. The first-order valence-corrected chi connectivity index (χ1v) is 7.26. The number of rotatable bonds is 6. The van der Waals surface area contributed by atoms with Gasteiger partial charge in [-0.25, -0.2) is 0 Å². The van der Waals surface area contributed by atoms with Crippen LogP contribution in [-0.2, 0) is 6.61 Å². The quantitative estimate of drug-likeness (QED) is 0.470. The van der Waals surface area contributed by atoms with Crippen LogP contribution in [-0.4, -0.2) is 21.2 Å². The van der Waals surface area contributed by atoms with Crippen LogP contribution in [0.15, 0.2) is 35.4 Å². The van der Waals surface area contributed by atoms with Crippen molar-refractivity contribution >= 4 is 23.3 Å². The first kappa shape index (κ1) is 18.0. The molecule has 0 heterocycles. The zero-order valence-corrected chi connectivity index (χ0v) is 13.6. The highest BCUT2D eigenvalue weighted by molar-refractivity contribution is 5.83. The van der Waals surface area contributed by atoms with E-state index in [1.165, 1.54) is 12.3 Å². The number of non-ortho nitro benzene ring substituents is 1. The van der Waals surface area contributed by atoms with E-state index in [4.69, 9.17) is 0 Å². The third-order valence-corrected chi connectivity index (χ3v) is 3.65. The minimum atomic E-state index is -0.716. The van der Waals surface area contributed by atoms with Crippen LogP contribution < -0.4 is 5.43 Å². The van der Waals surface area contributed by atoms with Crippen molar-refractivity contribution in [3.05, 3.63) is 72.8 Å². The standard InChI is InChI=1S/C16H16N4O5/c1-10-5-12(11(2)13(6-10)9-21)8-17-18-15-4-3-14(19(22)23)7-16(15)20(24)25/h3-8,18,21H,9H2,1-2H3. The minimum absolute atomic E-state index is 0.0412. The number of nitro benzene ring substituents is 2. The van der Waals surface area contributed by atoms with Crippen molar-refractivity contribution in [1.29, 1.82) is 0 Å². The molecule has 0 atom stereocenters. The molecule has 2 rings (SSSR count). The fourth-order valence-corrected chi connectivity index (χ4v) is 2.31. The van der Waals surface area contributed by atoms with Crippen LogP contribution in [0, 0.1) is 34.1 Å². The summed E-state index contributed by atoms with van der Waals surface area (Å²) in [5.41, 5.74) is 5.07. The molecular weight excluding hydrogens is 328 g/mol. The van der Waals surface area contributed by atoms with Gasteiger partial charge in [0.05, 0.1) is 28.7 Å². The van der Waals surface area contributed by atoms with Crippen molar-refractivity contribution in [2.45, 2.75) is 20.5 Å². The maximum absolute atomic E-state index is 11.1. The van der Waals surface area contributed by atoms with Gasteiger partial charge in [0, 0.05) is 6.07 Å². The lowest BCUT2D eigenvalue weighted by molar-refractivity contribution is -0.393. The fraction of sp³-hybridized carbons (Fsp3) is 0.188. The van der Waals surface area contributed by atoms with Gasteiger partial charge in [-0.1, -0.05) is 17.7 Å². The number of aliphatic hydroxyl groups is 1. The van der Waals surface area contributed by atoms with Crippen LogP contribution in [0.3, 0.4) is 0 Å². The fourth-order valence-electron chi connectivity index (χ4n) is 2.31. The molecule has 0 aliphatic heterocycles. The average Bonchev–Trinajstić information content (AvgIpc) is 2.57. The second-order valence-corrected chi connectivity index (χ2v) is 5.38. The van der Waals surface area contributed by atoms with Gasteiger partial charge in [-0.15, -0.1) is 0 Å². The van der Waals surface area contributed by atoms with Gasteiger partial charge in [0.2, 0.25) is 0 Å². The summed E-state index contributed by atoms with van der Waals surface area (Å²) in [6.07, 6.45) is 1.48. The molecule has 9 nitrogen and oxygen atoms in total. The summed E-state index contributed by atoms with van der Waals surface area (Å²) in [4.78, 5) is 20.4. The summed E-state index contributed by atoms with van der Waals surface area (Å²) in [6, 6.07) is 6.99. The zero-order chi connectivity index (χ0) is 18.6. The number of aryl methyl sites for hydroxylation is 1. The largest absolute Gasteiger partial charge is 0.392 e. The first-order valence-electron chi connectivity index (χ1n) is 7.26. The highest BCUT2D eigenvalue weighted by atomic mass is 16.6. The van der Waals surface area contributed by atoms with E-state index in [-0.39, 0.29) is 18.0 Å². The summed E-state index contributed by atoms with van der Waals surface area (Å²) in [5, 5.41) is 35.1. The molecule has 25 heavy (non-hydrogen) atoms. The maximum Gasteiger partial charge on any atom is 0.301 e. The summed E-state index contributed by atoms with van der Waals surface area (Å²) in [5.74, 6) is 0. The first-order chi connectivity index (χ1) is 11.8. The van der Waals surface area contributed by atoms with E-state index in [0.717, 1.165) is 34.4 Å². The Morgan fingerprint density at radius 2 is 1.88 bits per heavy atom. The SMILES string of the molecule is Cc1cc(C=NNc2ccc([N+](=O)[O-])cc2[N+](=O)[O-])c(C)c(CO)c1. The molecule has 0 saturated heterocycles. The second-order valence-electron chi connectivity index (χ2n) is 5.38. The highest BCUT2D eigenvalue weighted by Gasteiger charge is 2.19. The summed E-state index contributed by atoms with van der Waals surface area (Å²) in [7, 11) is 0. The lowest BCUT2D eigenvalue weighted by Gasteiger charge is -2.08. The zero-order valence-electron chi connectivity index (χ0n) is 13.6. The van der Waals surface area contributed by atoms with Crippen LogP contribution in [0.4, 0.5) is 17.1 Å². The normalized spacial score (nSPS) is 10.8. The molecular formula is C16H16N4O5. The Bertz CT molecular complexity index is 864. The average molecular weight is 344 g/mol. The van der Waals surface area contributed by atoms with Crippen LogP contribution in [0.2, 0.25) is 0 Å². The summed E-state index contributed by atoms with van der Waals surface area (Å²) >= 11 is 0. The van der Waals surface area contributed by atoms with E-state index in [1.807, 2.05) is 26.0 Å². The molecule has 0 amide bonds. The van der Waals surface area contributed by atoms with E-state index in [9.17, 15) is 25.3 Å². The summed E-state index contributed by atoms with van der Waals surface area (Å²) < 4.78 is 0. The Balaban J connectivity index is 2.30. The van der Waals surface area contributed by atoms with Crippen molar-refractivity contribution in [3.8, 4) is 0 Å². The molecule has 9 heteroatoms. The van der Waals surface area contributed by atoms with Crippen LogP contribution in [0.5, 0.6) is 0 Å². The van der Waals surface area contributed by atoms with Gasteiger partial charge in [0.25, 0.3) is 5.69 Å².